The van der Waals surface area contributed by atoms with Crippen LogP contribution in [0.1, 0.15) is 13.3 Å². The summed E-state index contributed by atoms with van der Waals surface area (Å²) in [5, 5.41) is 14.2. The highest BCUT2D eigenvalue weighted by molar-refractivity contribution is 6.06. The lowest BCUT2D eigenvalue weighted by Gasteiger charge is -2.04. The summed E-state index contributed by atoms with van der Waals surface area (Å²) in [7, 11) is 0. The van der Waals surface area contributed by atoms with Gasteiger partial charge in [0.25, 0.3) is 5.91 Å². The zero-order chi connectivity index (χ0) is 13.4. The van der Waals surface area contributed by atoms with Crippen LogP contribution in [-0.2, 0) is 4.79 Å². The van der Waals surface area contributed by atoms with Gasteiger partial charge in [-0.05, 0) is 30.7 Å². The van der Waals surface area contributed by atoms with Gasteiger partial charge in [0.2, 0.25) is 0 Å². The number of hydrogen-bond donors (Lipinski definition) is 2. The van der Waals surface area contributed by atoms with Crippen LogP contribution >= 0.6 is 0 Å². The van der Waals surface area contributed by atoms with E-state index in [-0.39, 0.29) is 11.4 Å². The molecular formula is C13H14FN3O. The molecule has 2 N–H and O–H groups in total. The van der Waals surface area contributed by atoms with Gasteiger partial charge in [-0.3, -0.25) is 4.79 Å². The Bertz CT molecular complexity index is 474. The van der Waals surface area contributed by atoms with Crippen LogP contribution in [0.5, 0.6) is 0 Å². The van der Waals surface area contributed by atoms with E-state index >= 15 is 0 Å². The number of nitrogens with one attached hydrogen (secondary N) is 2. The fourth-order valence-corrected chi connectivity index (χ4v) is 1.20. The van der Waals surface area contributed by atoms with E-state index in [2.05, 4.69) is 10.6 Å². The zero-order valence-corrected chi connectivity index (χ0v) is 10.0. The summed E-state index contributed by atoms with van der Waals surface area (Å²) in [4.78, 5) is 11.7. The number of anilines is 1. The third-order valence-corrected chi connectivity index (χ3v) is 2.11. The van der Waals surface area contributed by atoms with Gasteiger partial charge in [-0.2, -0.15) is 5.26 Å². The molecular weight excluding hydrogens is 233 g/mol. The van der Waals surface area contributed by atoms with Gasteiger partial charge in [-0.15, -0.1) is 0 Å². The standard InChI is InChI=1S/C13H14FN3O/c1-2-7-16-9-10(8-15)13(18)17-12-5-3-11(14)4-6-12/h3-6,9,16H,2,7H2,1H3,(H,17,18)/b10-9-. The van der Waals surface area contributed by atoms with Gasteiger partial charge < -0.3 is 10.6 Å². The van der Waals surface area contributed by atoms with Gasteiger partial charge in [-0.1, -0.05) is 6.92 Å². The van der Waals surface area contributed by atoms with E-state index in [0.29, 0.717) is 12.2 Å². The Morgan fingerprint density at radius 3 is 2.67 bits per heavy atom. The number of carbonyl (C=O) groups is 1. The van der Waals surface area contributed by atoms with Crippen molar-refractivity contribution in [3.63, 3.8) is 0 Å². The Morgan fingerprint density at radius 1 is 1.44 bits per heavy atom. The van der Waals surface area contributed by atoms with Crippen molar-refractivity contribution in [2.45, 2.75) is 13.3 Å². The summed E-state index contributed by atoms with van der Waals surface area (Å²) < 4.78 is 12.7. The smallest absolute Gasteiger partial charge is 0.267 e. The van der Waals surface area contributed by atoms with Crippen LogP contribution in [0.15, 0.2) is 36.0 Å². The lowest BCUT2D eigenvalue weighted by Crippen LogP contribution is -2.17. The average molecular weight is 247 g/mol. The average Bonchev–Trinajstić information content (AvgIpc) is 2.37. The molecule has 0 fully saturated rings. The van der Waals surface area contributed by atoms with Crippen molar-refractivity contribution in [2.75, 3.05) is 11.9 Å². The number of hydrogen-bond acceptors (Lipinski definition) is 3. The molecule has 0 unspecified atom stereocenters. The predicted octanol–water partition coefficient (Wildman–Crippen LogP) is 2.17. The maximum Gasteiger partial charge on any atom is 0.267 e. The number of benzene rings is 1. The summed E-state index contributed by atoms with van der Waals surface area (Å²) in [6.45, 7) is 2.67. The Balaban J connectivity index is 2.66. The topological polar surface area (TPSA) is 64.9 Å². The molecule has 4 nitrogen and oxygen atoms in total. The molecule has 0 atom stereocenters. The van der Waals surface area contributed by atoms with E-state index in [9.17, 15) is 9.18 Å². The molecule has 94 valence electrons. The number of halogens is 1. The van der Waals surface area contributed by atoms with Gasteiger partial charge in [0, 0.05) is 18.4 Å². The SMILES string of the molecule is CCCN/C=C(/C#N)C(=O)Nc1ccc(F)cc1. The minimum absolute atomic E-state index is 0.0206. The van der Waals surface area contributed by atoms with Gasteiger partial charge in [0.05, 0.1) is 0 Å². The van der Waals surface area contributed by atoms with E-state index in [1.54, 1.807) is 6.07 Å². The largest absolute Gasteiger partial charge is 0.390 e. The highest BCUT2D eigenvalue weighted by Crippen LogP contribution is 2.09. The molecule has 0 aliphatic carbocycles. The first-order valence-corrected chi connectivity index (χ1v) is 5.58. The Morgan fingerprint density at radius 2 is 2.11 bits per heavy atom. The maximum atomic E-state index is 12.7. The Hall–Kier alpha value is -2.35. The molecule has 1 aromatic carbocycles. The monoisotopic (exact) mass is 247 g/mol. The van der Waals surface area contributed by atoms with E-state index in [1.165, 1.54) is 30.5 Å². The molecule has 0 radical (unpaired) electrons. The first-order chi connectivity index (χ1) is 8.67. The molecule has 1 rings (SSSR count). The molecule has 0 aromatic heterocycles. The molecule has 5 heteroatoms. The second-order valence-corrected chi connectivity index (χ2v) is 3.58. The molecule has 1 amide bonds. The summed E-state index contributed by atoms with van der Waals surface area (Å²) in [6, 6.07) is 7.14. The lowest BCUT2D eigenvalue weighted by atomic mass is 10.2. The Labute approximate surface area is 105 Å². The first-order valence-electron chi connectivity index (χ1n) is 5.58. The number of nitrogens with zero attached hydrogens (tertiary/aromatic N) is 1. The fraction of sp³-hybridized carbons (Fsp3) is 0.231. The van der Waals surface area contributed by atoms with Crippen molar-refractivity contribution in [2.24, 2.45) is 0 Å². The fourth-order valence-electron chi connectivity index (χ4n) is 1.20. The van der Waals surface area contributed by atoms with Crippen molar-refractivity contribution >= 4 is 11.6 Å². The van der Waals surface area contributed by atoms with Gasteiger partial charge >= 0.3 is 0 Å². The predicted molar refractivity (Wildman–Crippen MR) is 67.0 cm³/mol. The maximum absolute atomic E-state index is 12.7. The van der Waals surface area contributed by atoms with Crippen LogP contribution < -0.4 is 10.6 Å². The molecule has 0 spiro atoms. The molecule has 0 bridgehead atoms. The molecule has 1 aromatic rings. The second-order valence-electron chi connectivity index (χ2n) is 3.58. The van der Waals surface area contributed by atoms with E-state index in [0.717, 1.165) is 6.42 Å². The number of carbonyl (C=O) groups excluding carboxylic acids is 1. The van der Waals surface area contributed by atoms with E-state index < -0.39 is 5.91 Å². The van der Waals surface area contributed by atoms with Crippen molar-refractivity contribution in [1.82, 2.24) is 5.32 Å². The molecule has 18 heavy (non-hydrogen) atoms. The van der Waals surface area contributed by atoms with Gasteiger partial charge in [0.15, 0.2) is 0 Å². The quantitative estimate of drug-likeness (QED) is 0.476. The summed E-state index contributed by atoms with van der Waals surface area (Å²) in [6.07, 6.45) is 2.27. The lowest BCUT2D eigenvalue weighted by molar-refractivity contribution is -0.112. The van der Waals surface area contributed by atoms with Crippen LogP contribution in [0.25, 0.3) is 0 Å². The summed E-state index contributed by atoms with van der Waals surface area (Å²) >= 11 is 0. The van der Waals surface area contributed by atoms with Crippen LogP contribution in [0, 0.1) is 17.1 Å². The number of nitriles is 1. The Kier molecular flexibility index (Phi) is 5.39. The second kappa shape index (κ2) is 7.07. The van der Waals surface area contributed by atoms with Crippen molar-refractivity contribution in [1.29, 1.82) is 5.26 Å². The first kappa shape index (κ1) is 13.7. The van der Waals surface area contributed by atoms with E-state index in [4.69, 9.17) is 5.26 Å². The molecule has 0 saturated carbocycles. The van der Waals surface area contributed by atoms with Crippen LogP contribution in [0.3, 0.4) is 0 Å². The zero-order valence-electron chi connectivity index (χ0n) is 10.0. The third-order valence-electron chi connectivity index (χ3n) is 2.11. The molecule has 0 aliphatic heterocycles. The molecule has 0 heterocycles. The van der Waals surface area contributed by atoms with Crippen molar-refractivity contribution in [3.05, 3.63) is 41.9 Å². The van der Waals surface area contributed by atoms with Gasteiger partial charge in [-0.25, -0.2) is 4.39 Å². The molecule has 0 saturated heterocycles. The van der Waals surface area contributed by atoms with Crippen LogP contribution in [0.4, 0.5) is 10.1 Å². The van der Waals surface area contributed by atoms with Crippen molar-refractivity contribution < 1.29 is 9.18 Å². The van der Waals surface area contributed by atoms with Gasteiger partial charge in [0.1, 0.15) is 17.5 Å². The summed E-state index contributed by atoms with van der Waals surface area (Å²) in [5.41, 5.74) is 0.422. The van der Waals surface area contributed by atoms with E-state index in [1.807, 2.05) is 6.92 Å². The summed E-state index contributed by atoms with van der Waals surface area (Å²) in [5.74, 6) is -0.902. The minimum atomic E-state index is -0.521. The number of rotatable bonds is 5. The minimum Gasteiger partial charge on any atom is -0.390 e. The highest BCUT2D eigenvalue weighted by Gasteiger charge is 2.08. The van der Waals surface area contributed by atoms with Crippen molar-refractivity contribution in [3.8, 4) is 6.07 Å². The molecule has 0 aliphatic rings. The number of amides is 1. The van der Waals surface area contributed by atoms with Crippen LogP contribution in [-0.4, -0.2) is 12.5 Å². The highest BCUT2D eigenvalue weighted by atomic mass is 19.1. The van der Waals surface area contributed by atoms with Crippen LogP contribution in [0.2, 0.25) is 0 Å². The third kappa shape index (κ3) is 4.26. The normalized spacial score (nSPS) is 10.6.